The Hall–Kier alpha value is -3.21. The lowest BCUT2D eigenvalue weighted by atomic mass is 10.0. The third-order valence-electron chi connectivity index (χ3n) is 4.04. The van der Waals surface area contributed by atoms with Crippen molar-refractivity contribution < 1.29 is 19.4 Å². The van der Waals surface area contributed by atoms with Crippen LogP contribution in [0.15, 0.2) is 48.5 Å². The SMILES string of the molecule is N#Cc1ccc(C(=O)Nc2ccc(C(O)C3COCC(=O)N3)cc2)cc1. The molecule has 2 amide bonds. The maximum absolute atomic E-state index is 12.2. The standard InChI is InChI=1S/C19H17N3O4/c20-9-12-1-3-14(4-2-12)19(25)21-15-7-5-13(6-8-15)18(24)16-10-26-11-17(23)22-16/h1-8,16,18,24H,10-11H2,(H,21,25)(H,22,23). The van der Waals surface area contributed by atoms with Crippen molar-refractivity contribution in [1.82, 2.24) is 5.32 Å². The molecule has 0 bridgehead atoms. The van der Waals surface area contributed by atoms with Crippen LogP contribution in [0.4, 0.5) is 5.69 Å². The molecule has 7 heteroatoms. The summed E-state index contributed by atoms with van der Waals surface area (Å²) in [4.78, 5) is 23.6. The molecule has 7 nitrogen and oxygen atoms in total. The number of morpholine rings is 1. The first kappa shape index (κ1) is 17.6. The van der Waals surface area contributed by atoms with E-state index in [9.17, 15) is 14.7 Å². The molecule has 1 aliphatic rings. The maximum atomic E-state index is 12.2. The van der Waals surface area contributed by atoms with Crippen molar-refractivity contribution >= 4 is 17.5 Å². The van der Waals surface area contributed by atoms with Gasteiger partial charge in [-0.3, -0.25) is 9.59 Å². The third kappa shape index (κ3) is 4.06. The Kier molecular flexibility index (Phi) is 5.27. The van der Waals surface area contributed by atoms with Gasteiger partial charge in [-0.1, -0.05) is 12.1 Å². The molecule has 2 aromatic carbocycles. The highest BCUT2D eigenvalue weighted by atomic mass is 16.5. The van der Waals surface area contributed by atoms with Gasteiger partial charge in [0, 0.05) is 11.3 Å². The van der Waals surface area contributed by atoms with Crippen molar-refractivity contribution in [2.45, 2.75) is 12.1 Å². The van der Waals surface area contributed by atoms with Crippen molar-refractivity contribution in [3.63, 3.8) is 0 Å². The van der Waals surface area contributed by atoms with Crippen LogP contribution in [-0.2, 0) is 9.53 Å². The molecule has 1 saturated heterocycles. The highest BCUT2D eigenvalue weighted by molar-refractivity contribution is 6.04. The fourth-order valence-corrected chi connectivity index (χ4v) is 2.63. The smallest absolute Gasteiger partial charge is 0.255 e. The summed E-state index contributed by atoms with van der Waals surface area (Å²) in [5, 5.41) is 24.6. The molecule has 0 aliphatic carbocycles. The number of nitrogens with one attached hydrogen (secondary N) is 2. The zero-order valence-corrected chi connectivity index (χ0v) is 13.8. The summed E-state index contributed by atoms with van der Waals surface area (Å²) in [6, 6.07) is 14.5. The first-order valence-corrected chi connectivity index (χ1v) is 8.03. The Bertz CT molecular complexity index is 841. The van der Waals surface area contributed by atoms with Crippen molar-refractivity contribution in [2.24, 2.45) is 0 Å². The molecule has 26 heavy (non-hydrogen) atoms. The van der Waals surface area contributed by atoms with Gasteiger partial charge in [0.1, 0.15) is 12.7 Å². The Balaban J connectivity index is 1.64. The summed E-state index contributed by atoms with van der Waals surface area (Å²) in [5.74, 6) is -0.553. The second kappa shape index (κ2) is 7.78. The Morgan fingerprint density at radius 3 is 2.54 bits per heavy atom. The molecule has 132 valence electrons. The minimum Gasteiger partial charge on any atom is -0.386 e. The lowest BCUT2D eigenvalue weighted by Gasteiger charge is -2.28. The van der Waals surface area contributed by atoms with Crippen molar-refractivity contribution in [3.8, 4) is 6.07 Å². The van der Waals surface area contributed by atoms with Crippen molar-refractivity contribution in [1.29, 1.82) is 5.26 Å². The Labute approximate surface area is 150 Å². The van der Waals surface area contributed by atoms with Gasteiger partial charge in [-0.15, -0.1) is 0 Å². The second-order valence-electron chi connectivity index (χ2n) is 5.90. The molecular weight excluding hydrogens is 334 g/mol. The van der Waals surface area contributed by atoms with Crippen LogP contribution in [-0.4, -0.2) is 36.2 Å². The number of carbonyl (C=O) groups is 2. The number of rotatable bonds is 4. The van der Waals surface area contributed by atoms with Gasteiger partial charge < -0.3 is 20.5 Å². The van der Waals surface area contributed by atoms with Crippen LogP contribution >= 0.6 is 0 Å². The van der Waals surface area contributed by atoms with Crippen LogP contribution in [0.1, 0.15) is 27.6 Å². The minimum absolute atomic E-state index is 0.00351. The van der Waals surface area contributed by atoms with E-state index in [0.29, 0.717) is 22.4 Å². The van der Waals surface area contributed by atoms with E-state index < -0.39 is 12.1 Å². The largest absolute Gasteiger partial charge is 0.386 e. The number of hydrogen-bond donors (Lipinski definition) is 3. The Morgan fingerprint density at radius 1 is 1.23 bits per heavy atom. The molecule has 0 radical (unpaired) electrons. The molecule has 0 spiro atoms. The van der Waals surface area contributed by atoms with Gasteiger partial charge in [-0.25, -0.2) is 0 Å². The molecule has 1 fully saturated rings. The second-order valence-corrected chi connectivity index (χ2v) is 5.90. The molecule has 3 rings (SSSR count). The zero-order valence-electron chi connectivity index (χ0n) is 13.8. The van der Waals surface area contributed by atoms with Gasteiger partial charge >= 0.3 is 0 Å². The average molecular weight is 351 g/mol. The summed E-state index contributed by atoms with van der Waals surface area (Å²) in [6.45, 7) is 0.244. The number of benzene rings is 2. The van der Waals surface area contributed by atoms with Crippen molar-refractivity contribution in [3.05, 3.63) is 65.2 Å². The number of hydrogen-bond acceptors (Lipinski definition) is 5. The monoisotopic (exact) mass is 351 g/mol. The number of anilines is 1. The average Bonchev–Trinajstić information content (AvgIpc) is 2.68. The van der Waals surface area contributed by atoms with Gasteiger partial charge in [0.15, 0.2) is 0 Å². The van der Waals surface area contributed by atoms with Gasteiger partial charge in [0.25, 0.3) is 5.91 Å². The summed E-state index contributed by atoms with van der Waals surface area (Å²) >= 11 is 0. The van der Waals surface area contributed by atoms with Crippen LogP contribution in [0.2, 0.25) is 0 Å². The van der Waals surface area contributed by atoms with Crippen LogP contribution in [0.25, 0.3) is 0 Å². The first-order valence-electron chi connectivity index (χ1n) is 8.03. The van der Waals surface area contributed by atoms with Gasteiger partial charge in [-0.2, -0.15) is 5.26 Å². The fraction of sp³-hybridized carbons (Fsp3) is 0.211. The molecule has 2 unspecified atom stereocenters. The lowest BCUT2D eigenvalue weighted by molar-refractivity contribution is -0.133. The number of aliphatic hydroxyl groups is 1. The van der Waals surface area contributed by atoms with E-state index >= 15 is 0 Å². The van der Waals surface area contributed by atoms with Crippen LogP contribution in [0, 0.1) is 11.3 Å². The number of ether oxygens (including phenoxy) is 1. The van der Waals surface area contributed by atoms with E-state index in [1.165, 1.54) is 0 Å². The number of nitriles is 1. The fourth-order valence-electron chi connectivity index (χ4n) is 2.63. The van der Waals surface area contributed by atoms with E-state index in [0.717, 1.165) is 0 Å². The van der Waals surface area contributed by atoms with E-state index in [4.69, 9.17) is 10.00 Å². The highest BCUT2D eigenvalue weighted by Crippen LogP contribution is 2.21. The predicted octanol–water partition coefficient (Wildman–Crippen LogP) is 1.36. The third-order valence-corrected chi connectivity index (χ3v) is 4.04. The minimum atomic E-state index is -0.900. The topological polar surface area (TPSA) is 111 Å². The number of nitrogens with zero attached hydrogens (tertiary/aromatic N) is 1. The van der Waals surface area contributed by atoms with Crippen LogP contribution in [0.5, 0.6) is 0 Å². The number of carbonyl (C=O) groups excluding carboxylic acids is 2. The molecule has 1 aliphatic heterocycles. The summed E-state index contributed by atoms with van der Waals surface area (Å²) in [7, 11) is 0. The number of amides is 2. The van der Waals surface area contributed by atoms with E-state index in [1.807, 2.05) is 6.07 Å². The van der Waals surface area contributed by atoms with Crippen molar-refractivity contribution in [2.75, 3.05) is 18.5 Å². The quantitative estimate of drug-likeness (QED) is 0.770. The molecule has 0 saturated carbocycles. The van der Waals surface area contributed by atoms with Crippen LogP contribution < -0.4 is 10.6 Å². The maximum Gasteiger partial charge on any atom is 0.255 e. The lowest BCUT2D eigenvalue weighted by Crippen LogP contribution is -2.48. The van der Waals surface area contributed by atoms with Gasteiger partial charge in [0.05, 0.1) is 24.3 Å². The number of aliphatic hydroxyl groups excluding tert-OH is 1. The summed E-state index contributed by atoms with van der Waals surface area (Å²) in [5.41, 5.74) is 2.10. The van der Waals surface area contributed by atoms with E-state index in [1.54, 1.807) is 48.5 Å². The summed E-state index contributed by atoms with van der Waals surface area (Å²) < 4.78 is 5.13. The molecule has 0 aromatic heterocycles. The highest BCUT2D eigenvalue weighted by Gasteiger charge is 2.26. The molecule has 2 atom stereocenters. The van der Waals surface area contributed by atoms with Crippen LogP contribution in [0.3, 0.4) is 0 Å². The van der Waals surface area contributed by atoms with Gasteiger partial charge in [-0.05, 0) is 42.0 Å². The first-order chi connectivity index (χ1) is 12.6. The van der Waals surface area contributed by atoms with E-state index in [-0.39, 0.29) is 25.0 Å². The molecule has 2 aromatic rings. The summed E-state index contributed by atoms with van der Waals surface area (Å²) in [6.07, 6.45) is -0.900. The molecule has 1 heterocycles. The molecular formula is C19H17N3O4. The molecule has 3 N–H and O–H groups in total. The predicted molar refractivity (Wildman–Crippen MR) is 93.3 cm³/mol. The van der Waals surface area contributed by atoms with Gasteiger partial charge in [0.2, 0.25) is 5.91 Å². The van der Waals surface area contributed by atoms with E-state index in [2.05, 4.69) is 10.6 Å². The zero-order chi connectivity index (χ0) is 18.5. The normalized spacial score (nSPS) is 17.7. The Morgan fingerprint density at radius 2 is 1.92 bits per heavy atom.